The van der Waals surface area contributed by atoms with Crippen LogP contribution in [0.5, 0.6) is 0 Å². The fourth-order valence-corrected chi connectivity index (χ4v) is 3.46. The highest BCUT2D eigenvalue weighted by atomic mass is 79.9. The van der Waals surface area contributed by atoms with Crippen molar-refractivity contribution in [3.63, 3.8) is 0 Å². The summed E-state index contributed by atoms with van der Waals surface area (Å²) >= 11 is 3.43. The van der Waals surface area contributed by atoms with Gasteiger partial charge in [0.1, 0.15) is 5.60 Å². The number of hydrogen-bond donors (Lipinski definition) is 1. The summed E-state index contributed by atoms with van der Waals surface area (Å²) in [6, 6.07) is 8.22. The molecule has 1 N–H and O–H groups in total. The Hall–Kier alpha value is -2.41. The quantitative estimate of drug-likeness (QED) is 0.657. The van der Waals surface area contributed by atoms with E-state index in [9.17, 15) is 4.79 Å². The van der Waals surface area contributed by atoms with E-state index < -0.39 is 5.60 Å². The third-order valence-electron chi connectivity index (χ3n) is 4.57. The zero-order valence-corrected chi connectivity index (χ0v) is 17.1. The highest BCUT2D eigenvalue weighted by molar-refractivity contribution is 9.10. The van der Waals surface area contributed by atoms with Gasteiger partial charge in [-0.3, -0.25) is 0 Å². The first-order chi connectivity index (χ1) is 12.8. The third-order valence-corrected chi connectivity index (χ3v) is 5.13. The molecule has 7 heteroatoms. The lowest BCUT2D eigenvalue weighted by Gasteiger charge is -2.23. The molecule has 0 saturated heterocycles. The van der Waals surface area contributed by atoms with E-state index in [2.05, 4.69) is 43.5 Å². The number of benzene rings is 1. The fraction of sp³-hybridized carbons (Fsp3) is 0.350. The van der Waals surface area contributed by atoms with E-state index in [1.54, 1.807) is 10.7 Å². The molecule has 1 aromatic carbocycles. The first-order valence-corrected chi connectivity index (χ1v) is 9.66. The SMILES string of the molecule is CC(C)(C)OC(=O)NC1(c2ccc(-c3cnc4c(Br)cnn4c3)cc2)CC1. The minimum atomic E-state index is -0.503. The lowest BCUT2D eigenvalue weighted by atomic mass is 10.0. The molecule has 0 bridgehead atoms. The van der Waals surface area contributed by atoms with Crippen LogP contribution in [0.25, 0.3) is 16.8 Å². The van der Waals surface area contributed by atoms with Crippen molar-refractivity contribution in [2.75, 3.05) is 0 Å². The molecule has 3 aromatic rings. The Balaban J connectivity index is 1.54. The number of fused-ring (bicyclic) bond motifs is 1. The predicted octanol–water partition coefficient (Wildman–Crippen LogP) is 4.67. The summed E-state index contributed by atoms with van der Waals surface area (Å²) in [6.07, 6.45) is 6.98. The smallest absolute Gasteiger partial charge is 0.408 e. The summed E-state index contributed by atoms with van der Waals surface area (Å²) in [6.45, 7) is 5.60. The topological polar surface area (TPSA) is 68.5 Å². The van der Waals surface area contributed by atoms with Crippen LogP contribution in [0.1, 0.15) is 39.2 Å². The molecule has 1 aliphatic rings. The number of amides is 1. The summed E-state index contributed by atoms with van der Waals surface area (Å²) in [4.78, 5) is 16.6. The molecule has 1 saturated carbocycles. The molecule has 1 amide bonds. The molecule has 0 radical (unpaired) electrons. The van der Waals surface area contributed by atoms with Crippen LogP contribution in [-0.4, -0.2) is 26.3 Å². The molecular formula is C20H21BrN4O2. The van der Waals surface area contributed by atoms with E-state index in [0.717, 1.165) is 39.7 Å². The summed E-state index contributed by atoms with van der Waals surface area (Å²) < 4.78 is 8.02. The Kier molecular flexibility index (Phi) is 4.22. The van der Waals surface area contributed by atoms with Gasteiger partial charge in [-0.25, -0.2) is 14.3 Å². The van der Waals surface area contributed by atoms with Crippen molar-refractivity contribution in [1.29, 1.82) is 0 Å². The molecule has 0 atom stereocenters. The zero-order chi connectivity index (χ0) is 19.2. The second kappa shape index (κ2) is 6.34. The van der Waals surface area contributed by atoms with Gasteiger partial charge in [0.05, 0.1) is 16.2 Å². The van der Waals surface area contributed by atoms with Gasteiger partial charge in [-0.15, -0.1) is 0 Å². The average molecular weight is 429 g/mol. The van der Waals surface area contributed by atoms with E-state index >= 15 is 0 Å². The van der Waals surface area contributed by atoms with E-state index in [1.807, 2.05) is 45.3 Å². The predicted molar refractivity (Wildman–Crippen MR) is 106 cm³/mol. The van der Waals surface area contributed by atoms with Crippen molar-refractivity contribution in [3.8, 4) is 11.1 Å². The van der Waals surface area contributed by atoms with Crippen molar-refractivity contribution in [2.24, 2.45) is 0 Å². The standard InChI is InChI=1S/C20H21BrN4O2/c1-19(2,3)27-18(26)24-20(8-9-20)15-6-4-13(5-7-15)14-10-22-17-16(21)11-23-25(17)12-14/h4-7,10-12H,8-9H2,1-3H3,(H,24,26). The molecule has 0 aliphatic heterocycles. The Morgan fingerprint density at radius 1 is 1.19 bits per heavy atom. The van der Waals surface area contributed by atoms with Gasteiger partial charge in [0.25, 0.3) is 0 Å². The first kappa shape index (κ1) is 18.0. The van der Waals surface area contributed by atoms with Crippen LogP contribution in [0.15, 0.2) is 47.3 Å². The normalized spacial score (nSPS) is 15.6. The number of carbonyl (C=O) groups is 1. The van der Waals surface area contributed by atoms with Crippen LogP contribution in [0.2, 0.25) is 0 Å². The highest BCUT2D eigenvalue weighted by Crippen LogP contribution is 2.46. The maximum atomic E-state index is 12.1. The minimum Gasteiger partial charge on any atom is -0.444 e. The van der Waals surface area contributed by atoms with E-state index in [0.29, 0.717) is 0 Å². The van der Waals surface area contributed by atoms with E-state index in [1.165, 1.54) is 0 Å². The maximum Gasteiger partial charge on any atom is 0.408 e. The summed E-state index contributed by atoms with van der Waals surface area (Å²) in [5.41, 5.74) is 3.09. The van der Waals surface area contributed by atoms with Crippen LogP contribution >= 0.6 is 15.9 Å². The van der Waals surface area contributed by atoms with Gasteiger partial charge in [0, 0.05) is 18.0 Å². The lowest BCUT2D eigenvalue weighted by Crippen LogP contribution is -2.39. The number of nitrogens with one attached hydrogen (secondary N) is 1. The molecule has 1 fully saturated rings. The first-order valence-electron chi connectivity index (χ1n) is 8.87. The Morgan fingerprint density at radius 2 is 1.89 bits per heavy atom. The van der Waals surface area contributed by atoms with Crippen molar-refractivity contribution in [1.82, 2.24) is 19.9 Å². The van der Waals surface area contributed by atoms with Gasteiger partial charge in [0.2, 0.25) is 0 Å². The molecule has 4 rings (SSSR count). The van der Waals surface area contributed by atoms with Crippen LogP contribution in [0.4, 0.5) is 4.79 Å². The average Bonchev–Trinajstić information content (AvgIpc) is 3.29. The summed E-state index contributed by atoms with van der Waals surface area (Å²) in [7, 11) is 0. The number of hydrogen-bond acceptors (Lipinski definition) is 4. The van der Waals surface area contributed by atoms with Gasteiger partial charge >= 0.3 is 6.09 Å². The zero-order valence-electron chi connectivity index (χ0n) is 15.5. The number of carbonyl (C=O) groups excluding carboxylic acids is 1. The van der Waals surface area contributed by atoms with Crippen LogP contribution in [-0.2, 0) is 10.3 Å². The van der Waals surface area contributed by atoms with Gasteiger partial charge < -0.3 is 10.1 Å². The third kappa shape index (κ3) is 3.69. The number of rotatable bonds is 3. The number of ether oxygens (including phenoxy) is 1. The second-order valence-electron chi connectivity index (χ2n) is 7.89. The van der Waals surface area contributed by atoms with Crippen LogP contribution in [0.3, 0.4) is 0 Å². The fourth-order valence-electron chi connectivity index (χ4n) is 3.09. The molecule has 2 aromatic heterocycles. The van der Waals surface area contributed by atoms with Crippen LogP contribution in [0, 0.1) is 0 Å². The molecule has 2 heterocycles. The Morgan fingerprint density at radius 3 is 2.52 bits per heavy atom. The molecule has 140 valence electrons. The van der Waals surface area contributed by atoms with Crippen molar-refractivity contribution >= 4 is 27.7 Å². The van der Waals surface area contributed by atoms with E-state index in [-0.39, 0.29) is 11.6 Å². The lowest BCUT2D eigenvalue weighted by molar-refractivity contribution is 0.0495. The molecule has 6 nitrogen and oxygen atoms in total. The molecule has 0 unspecified atom stereocenters. The van der Waals surface area contributed by atoms with Crippen LogP contribution < -0.4 is 5.32 Å². The molecular weight excluding hydrogens is 408 g/mol. The van der Waals surface area contributed by atoms with Crippen molar-refractivity contribution < 1.29 is 9.53 Å². The Labute approximate surface area is 166 Å². The molecule has 1 aliphatic carbocycles. The van der Waals surface area contributed by atoms with Gasteiger partial charge in [-0.2, -0.15) is 5.10 Å². The largest absolute Gasteiger partial charge is 0.444 e. The maximum absolute atomic E-state index is 12.1. The number of halogens is 1. The summed E-state index contributed by atoms with van der Waals surface area (Å²) in [5.74, 6) is 0. The highest BCUT2D eigenvalue weighted by Gasteiger charge is 2.46. The van der Waals surface area contributed by atoms with Crippen molar-refractivity contribution in [2.45, 2.75) is 44.8 Å². The number of nitrogens with zero attached hydrogens (tertiary/aromatic N) is 3. The Bertz CT molecular complexity index is 1000. The molecule has 27 heavy (non-hydrogen) atoms. The summed E-state index contributed by atoms with van der Waals surface area (Å²) in [5, 5.41) is 7.31. The van der Waals surface area contributed by atoms with Gasteiger partial charge in [-0.05, 0) is 60.7 Å². The monoisotopic (exact) mass is 428 g/mol. The second-order valence-corrected chi connectivity index (χ2v) is 8.74. The molecule has 0 spiro atoms. The van der Waals surface area contributed by atoms with Gasteiger partial charge in [0.15, 0.2) is 5.65 Å². The van der Waals surface area contributed by atoms with Crippen molar-refractivity contribution in [3.05, 3.63) is 52.9 Å². The number of aromatic nitrogens is 3. The van der Waals surface area contributed by atoms with Gasteiger partial charge in [-0.1, -0.05) is 24.3 Å². The number of alkyl carbamates (subject to hydrolysis) is 1. The van der Waals surface area contributed by atoms with E-state index in [4.69, 9.17) is 4.74 Å². The minimum absolute atomic E-state index is 0.310.